The molecule has 17 heteroatoms. The molecule has 2 amide bonds. The van der Waals surface area contributed by atoms with Crippen molar-refractivity contribution in [3.63, 3.8) is 0 Å². The zero-order valence-corrected chi connectivity index (χ0v) is 39.7. The van der Waals surface area contributed by atoms with E-state index in [1.54, 1.807) is 26.6 Å². The molecule has 3 aromatic carbocycles. The lowest BCUT2D eigenvalue weighted by Crippen LogP contribution is -2.55. The SMILES string of the molecule is CCc1cc(Nc2ncc(Br)c(Nc3ccc4c(c3P(C)(C)=O)NCC=N4)n2)c(OC)cc1N1CCC(N2CCN(C3CCN(c4ccc(C5CCC(=O)NC5=O)cc4)C3)CC2)CC1. The zero-order valence-electron chi connectivity index (χ0n) is 37.2. The fraction of sp³-hybridized carbons (Fsp3) is 0.468. The molecule has 15 nitrogen and oxygen atoms in total. The number of piperazine rings is 1. The Labute approximate surface area is 384 Å². The topological polar surface area (TPSA) is 160 Å². The van der Waals surface area contributed by atoms with E-state index in [1.165, 1.54) is 16.9 Å². The normalized spacial score (nSPS) is 21.1. The van der Waals surface area contributed by atoms with Crippen LogP contribution in [-0.4, -0.2) is 129 Å². The minimum absolute atomic E-state index is 0.175. The summed E-state index contributed by atoms with van der Waals surface area (Å²) in [5.74, 6) is 1.07. The number of hydrogen-bond donors (Lipinski definition) is 4. The number of nitrogens with one attached hydrogen (secondary N) is 4. The Morgan fingerprint density at radius 2 is 1.59 bits per heavy atom. The first kappa shape index (κ1) is 44.2. The predicted molar refractivity (Wildman–Crippen MR) is 261 cm³/mol. The molecule has 0 radical (unpaired) electrons. The summed E-state index contributed by atoms with van der Waals surface area (Å²) in [6.07, 6.45) is 8.77. The molecule has 0 aliphatic carbocycles. The molecule has 0 saturated carbocycles. The van der Waals surface area contributed by atoms with Crippen molar-refractivity contribution in [3.8, 4) is 5.75 Å². The highest BCUT2D eigenvalue weighted by atomic mass is 79.9. The summed E-state index contributed by atoms with van der Waals surface area (Å²) in [6.45, 7) is 14.7. The maximum atomic E-state index is 13.6. The molecule has 5 aliphatic heterocycles. The van der Waals surface area contributed by atoms with Gasteiger partial charge in [-0.05, 0) is 103 Å². The molecule has 64 heavy (non-hydrogen) atoms. The van der Waals surface area contributed by atoms with E-state index in [-0.39, 0.29) is 17.7 Å². The summed E-state index contributed by atoms with van der Waals surface area (Å²) < 4.78 is 20.2. The number of rotatable bonds is 12. The molecule has 5 aliphatic rings. The van der Waals surface area contributed by atoms with Crippen molar-refractivity contribution in [3.05, 3.63) is 70.3 Å². The van der Waals surface area contributed by atoms with Gasteiger partial charge in [-0.3, -0.25) is 29.7 Å². The number of anilines is 7. The number of aryl methyl sites for hydroxylation is 1. The Bertz CT molecular complexity index is 2470. The number of nitrogens with zero attached hydrogens (tertiary/aromatic N) is 7. The number of piperidine rings is 2. The number of amides is 2. The second kappa shape index (κ2) is 18.8. The molecule has 4 fully saturated rings. The predicted octanol–water partition coefficient (Wildman–Crippen LogP) is 7.06. The number of aromatic nitrogens is 2. The molecule has 0 bridgehead atoms. The molecular weight excluding hydrogens is 893 g/mol. The van der Waals surface area contributed by atoms with Crippen LogP contribution in [-0.2, 0) is 20.6 Å². The van der Waals surface area contributed by atoms with E-state index in [0.29, 0.717) is 58.7 Å². The van der Waals surface area contributed by atoms with Gasteiger partial charge < -0.3 is 35.1 Å². The minimum atomic E-state index is -2.72. The molecule has 9 rings (SSSR count). The van der Waals surface area contributed by atoms with Gasteiger partial charge in [-0.25, -0.2) is 4.98 Å². The number of benzene rings is 3. The van der Waals surface area contributed by atoms with Crippen LogP contribution < -0.4 is 41.1 Å². The third-order valence-corrected chi connectivity index (χ3v) is 15.7. The van der Waals surface area contributed by atoms with Crippen LogP contribution in [0, 0.1) is 0 Å². The van der Waals surface area contributed by atoms with Crippen molar-refractivity contribution >= 4 is 92.3 Å². The van der Waals surface area contributed by atoms with Crippen LogP contribution in [0.25, 0.3) is 0 Å². The van der Waals surface area contributed by atoms with Gasteiger partial charge in [0, 0.05) is 101 Å². The molecular formula is C47H59BrN11O4P. The first-order valence-corrected chi connectivity index (χ1v) is 26.0. The van der Waals surface area contributed by atoms with Gasteiger partial charge >= 0.3 is 0 Å². The van der Waals surface area contributed by atoms with Crippen LogP contribution in [0.15, 0.2) is 64.2 Å². The number of ether oxygens (including phenoxy) is 1. The highest BCUT2D eigenvalue weighted by molar-refractivity contribution is 9.10. The average Bonchev–Trinajstić information content (AvgIpc) is 3.80. The quantitative estimate of drug-likeness (QED) is 0.0846. The van der Waals surface area contributed by atoms with Crippen molar-refractivity contribution in [1.29, 1.82) is 0 Å². The molecule has 6 heterocycles. The highest BCUT2D eigenvalue weighted by Crippen LogP contribution is 2.46. The summed E-state index contributed by atoms with van der Waals surface area (Å²) in [4.78, 5) is 48.4. The van der Waals surface area contributed by atoms with Crippen LogP contribution >= 0.6 is 23.1 Å². The lowest BCUT2D eigenvalue weighted by Gasteiger charge is -2.44. The van der Waals surface area contributed by atoms with Gasteiger partial charge in [0.1, 0.15) is 18.7 Å². The van der Waals surface area contributed by atoms with Crippen LogP contribution in [0.2, 0.25) is 0 Å². The Kier molecular flexibility index (Phi) is 13.0. The number of hydrogen-bond acceptors (Lipinski definition) is 14. The van der Waals surface area contributed by atoms with Gasteiger partial charge in [0.25, 0.3) is 0 Å². The standard InChI is InChI=1S/C47H59BrN11O4P/c1-5-30-26-39(53-47-51-28-36(48)45(55-47)52-38-12-11-37-43(50-18-17-49-37)44(38)64(3,4)62)41(63-2)27-40(30)58-19-14-33(15-20-58)56-22-24-57(25-23-56)34-16-21-59(29-34)32-8-6-31(7-9-32)35-10-13-42(60)54-46(35)61/h6-9,11-12,17,26-28,33-35,50H,5,10,13-16,18-25,29H2,1-4H3,(H,54,60,61)(H2,51,52,53,55). The Balaban J connectivity index is 0.792. The van der Waals surface area contributed by atoms with E-state index in [4.69, 9.17) is 9.72 Å². The number of carbonyl (C=O) groups excluding carboxylic acids is 2. The first-order chi connectivity index (χ1) is 30.9. The summed E-state index contributed by atoms with van der Waals surface area (Å²) in [5, 5.41) is 13.4. The van der Waals surface area contributed by atoms with Gasteiger partial charge in [0.2, 0.25) is 17.8 Å². The highest BCUT2D eigenvalue weighted by Gasteiger charge is 2.34. The molecule has 4 saturated heterocycles. The van der Waals surface area contributed by atoms with Gasteiger partial charge in [0.05, 0.1) is 52.1 Å². The van der Waals surface area contributed by atoms with Gasteiger partial charge in [-0.15, -0.1) is 0 Å². The second-order valence-corrected chi connectivity index (χ2v) is 21.9. The Hall–Kier alpha value is -5.02. The second-order valence-electron chi connectivity index (χ2n) is 17.8. The summed E-state index contributed by atoms with van der Waals surface area (Å²) >= 11 is 3.62. The number of methoxy groups -OCH3 is 1. The van der Waals surface area contributed by atoms with Crippen LogP contribution in [0.1, 0.15) is 56.1 Å². The number of fused-ring (bicyclic) bond motifs is 1. The largest absolute Gasteiger partial charge is 0.494 e. The molecule has 1 aromatic heterocycles. The molecule has 2 unspecified atom stereocenters. The number of carbonyl (C=O) groups is 2. The summed E-state index contributed by atoms with van der Waals surface area (Å²) in [5.41, 5.74) is 7.69. The third kappa shape index (κ3) is 9.38. The van der Waals surface area contributed by atoms with Crippen molar-refractivity contribution in [2.45, 2.75) is 63.5 Å². The van der Waals surface area contributed by atoms with E-state index < -0.39 is 7.14 Å². The molecule has 4 aromatic rings. The fourth-order valence-corrected chi connectivity index (χ4v) is 11.9. The van der Waals surface area contributed by atoms with E-state index >= 15 is 0 Å². The lowest BCUT2D eigenvalue weighted by molar-refractivity contribution is -0.134. The van der Waals surface area contributed by atoms with Gasteiger partial charge in [-0.2, -0.15) is 4.98 Å². The third-order valence-electron chi connectivity index (χ3n) is 13.6. The Morgan fingerprint density at radius 1 is 0.875 bits per heavy atom. The van der Waals surface area contributed by atoms with Crippen LogP contribution in [0.3, 0.4) is 0 Å². The average molecular weight is 953 g/mol. The van der Waals surface area contributed by atoms with E-state index in [0.717, 1.165) is 106 Å². The van der Waals surface area contributed by atoms with E-state index in [2.05, 4.69) is 110 Å². The van der Waals surface area contributed by atoms with Crippen LogP contribution in [0.4, 0.5) is 45.9 Å². The van der Waals surface area contributed by atoms with Crippen molar-refractivity contribution in [1.82, 2.24) is 25.1 Å². The zero-order chi connectivity index (χ0) is 44.5. The number of aliphatic imine (C=N–C) groups is 1. The smallest absolute Gasteiger partial charge is 0.234 e. The maximum absolute atomic E-state index is 13.6. The number of imide groups is 1. The van der Waals surface area contributed by atoms with Crippen molar-refractivity contribution in [2.75, 3.05) is 105 Å². The molecule has 2 atom stereocenters. The molecule has 4 N–H and O–H groups in total. The van der Waals surface area contributed by atoms with Crippen molar-refractivity contribution in [2.24, 2.45) is 4.99 Å². The van der Waals surface area contributed by atoms with E-state index in [9.17, 15) is 14.2 Å². The Morgan fingerprint density at radius 3 is 2.30 bits per heavy atom. The molecule has 0 spiro atoms. The van der Waals surface area contributed by atoms with Crippen molar-refractivity contribution < 1.29 is 18.9 Å². The summed E-state index contributed by atoms with van der Waals surface area (Å²) in [7, 11) is -1.02. The van der Waals surface area contributed by atoms with Gasteiger partial charge in [0.15, 0.2) is 0 Å². The maximum Gasteiger partial charge on any atom is 0.234 e. The lowest BCUT2D eigenvalue weighted by atomic mass is 9.90. The van der Waals surface area contributed by atoms with Crippen LogP contribution in [0.5, 0.6) is 5.75 Å². The first-order valence-electron chi connectivity index (χ1n) is 22.6. The number of halogens is 1. The van der Waals surface area contributed by atoms with Gasteiger partial charge in [-0.1, -0.05) is 19.1 Å². The fourth-order valence-electron chi connectivity index (χ4n) is 10.2. The molecule has 338 valence electrons. The monoisotopic (exact) mass is 951 g/mol. The minimum Gasteiger partial charge on any atom is -0.494 e. The summed E-state index contributed by atoms with van der Waals surface area (Å²) in [6, 6.07) is 17.7. The van der Waals surface area contributed by atoms with E-state index in [1.807, 2.05) is 18.3 Å².